The van der Waals surface area contributed by atoms with Gasteiger partial charge in [-0.15, -0.1) is 0 Å². The van der Waals surface area contributed by atoms with Gasteiger partial charge in [-0.2, -0.15) is 4.99 Å². The highest BCUT2D eigenvalue weighted by atomic mass is 32.2. The number of sulfone groups is 1. The summed E-state index contributed by atoms with van der Waals surface area (Å²) in [6, 6.07) is 12.7. The smallest absolute Gasteiger partial charge is 0.252 e. The van der Waals surface area contributed by atoms with E-state index in [0.717, 1.165) is 16.9 Å². The summed E-state index contributed by atoms with van der Waals surface area (Å²) < 4.78 is 40.2. The van der Waals surface area contributed by atoms with E-state index >= 15 is 0 Å². The molecule has 0 radical (unpaired) electrons. The lowest BCUT2D eigenvalue weighted by Gasteiger charge is -2.24. The molecule has 4 rings (SSSR count). The van der Waals surface area contributed by atoms with Crippen molar-refractivity contribution in [1.82, 2.24) is 4.90 Å². The Kier molecular flexibility index (Phi) is 6.85. The highest BCUT2D eigenvalue weighted by Gasteiger charge is 2.48. The van der Waals surface area contributed by atoms with Crippen LogP contribution in [0.15, 0.2) is 47.5 Å². The second-order valence-corrected chi connectivity index (χ2v) is 11.3. The van der Waals surface area contributed by atoms with Crippen molar-refractivity contribution >= 4 is 32.7 Å². The van der Waals surface area contributed by atoms with Gasteiger partial charge in [-0.3, -0.25) is 4.79 Å². The number of hydrogen-bond donors (Lipinski definition) is 0. The Bertz CT molecular complexity index is 1160. The molecule has 2 heterocycles. The van der Waals surface area contributed by atoms with Crippen molar-refractivity contribution in [2.45, 2.75) is 24.3 Å². The van der Waals surface area contributed by atoms with E-state index in [-0.39, 0.29) is 35.1 Å². The van der Waals surface area contributed by atoms with Crippen molar-refractivity contribution in [2.24, 2.45) is 4.99 Å². The van der Waals surface area contributed by atoms with Gasteiger partial charge in [-0.1, -0.05) is 30.0 Å². The van der Waals surface area contributed by atoms with Crippen LogP contribution in [0.2, 0.25) is 0 Å². The number of carbonyl (C=O) groups excluding carboxylic acids is 1. The third-order valence-electron chi connectivity index (χ3n) is 5.71. The van der Waals surface area contributed by atoms with Crippen LogP contribution in [-0.4, -0.2) is 68.5 Å². The number of benzene rings is 2. The van der Waals surface area contributed by atoms with Crippen molar-refractivity contribution in [3.05, 3.63) is 53.6 Å². The maximum absolute atomic E-state index is 12.8. The van der Waals surface area contributed by atoms with Gasteiger partial charge in [0.1, 0.15) is 5.75 Å². The van der Waals surface area contributed by atoms with Gasteiger partial charge in [0.05, 0.1) is 45.3 Å². The van der Waals surface area contributed by atoms with E-state index in [0.29, 0.717) is 23.2 Å². The molecule has 8 nitrogen and oxygen atoms in total. The van der Waals surface area contributed by atoms with Crippen LogP contribution in [-0.2, 0) is 27.6 Å². The van der Waals surface area contributed by atoms with Crippen LogP contribution in [0.1, 0.15) is 11.1 Å². The average Bonchev–Trinajstić information content (AvgIpc) is 3.25. The number of nitrogens with zero attached hydrogens (tertiary/aromatic N) is 2. The molecule has 0 bridgehead atoms. The fraction of sp³-hybridized carbons (Fsp3) is 0.391. The van der Waals surface area contributed by atoms with E-state index in [4.69, 9.17) is 14.2 Å². The Labute approximate surface area is 197 Å². The highest BCUT2D eigenvalue weighted by Crippen LogP contribution is 2.39. The zero-order valence-corrected chi connectivity index (χ0v) is 20.3. The predicted molar refractivity (Wildman–Crippen MR) is 128 cm³/mol. The highest BCUT2D eigenvalue weighted by molar-refractivity contribution is 8.15. The summed E-state index contributed by atoms with van der Waals surface area (Å²) in [5.41, 5.74) is 1.75. The van der Waals surface area contributed by atoms with Crippen LogP contribution in [0.3, 0.4) is 0 Å². The molecule has 0 spiro atoms. The minimum Gasteiger partial charge on any atom is -0.497 e. The molecular formula is C23H26N2O6S2. The summed E-state index contributed by atoms with van der Waals surface area (Å²) in [6.07, 6.45) is 0.106. The lowest BCUT2D eigenvalue weighted by Crippen LogP contribution is -2.37. The topological polar surface area (TPSA) is 94.5 Å². The molecule has 0 aromatic heterocycles. The monoisotopic (exact) mass is 490 g/mol. The van der Waals surface area contributed by atoms with E-state index in [9.17, 15) is 13.2 Å². The maximum Gasteiger partial charge on any atom is 0.252 e. The van der Waals surface area contributed by atoms with Crippen LogP contribution in [0.5, 0.6) is 17.2 Å². The van der Waals surface area contributed by atoms with E-state index in [2.05, 4.69) is 4.99 Å². The molecule has 2 fully saturated rings. The molecule has 2 atom stereocenters. The molecule has 2 aromatic carbocycles. The van der Waals surface area contributed by atoms with Gasteiger partial charge in [-0.25, -0.2) is 8.42 Å². The van der Waals surface area contributed by atoms with Gasteiger partial charge in [0, 0.05) is 11.8 Å². The lowest BCUT2D eigenvalue weighted by atomic mass is 10.1. The van der Waals surface area contributed by atoms with Crippen molar-refractivity contribution < 1.29 is 27.4 Å². The zero-order valence-electron chi connectivity index (χ0n) is 18.7. The largest absolute Gasteiger partial charge is 0.497 e. The number of amides is 1. The van der Waals surface area contributed by atoms with E-state index in [1.807, 2.05) is 29.2 Å². The van der Waals surface area contributed by atoms with Gasteiger partial charge in [0.2, 0.25) is 0 Å². The molecule has 2 aliphatic rings. The number of rotatable bonds is 7. The third kappa shape index (κ3) is 5.27. The zero-order chi connectivity index (χ0) is 23.6. The van der Waals surface area contributed by atoms with Crippen LogP contribution in [0, 0.1) is 0 Å². The van der Waals surface area contributed by atoms with Crippen LogP contribution >= 0.6 is 11.8 Å². The average molecular weight is 491 g/mol. The molecule has 1 amide bonds. The summed E-state index contributed by atoms with van der Waals surface area (Å²) in [6.45, 7) is 0.468. The lowest BCUT2D eigenvalue weighted by molar-refractivity contribution is -0.117. The Morgan fingerprint density at radius 1 is 1.00 bits per heavy atom. The number of ether oxygens (including phenoxy) is 3. The number of methoxy groups -OCH3 is 3. The van der Waals surface area contributed by atoms with Crippen LogP contribution in [0.4, 0.5) is 0 Å². The first kappa shape index (κ1) is 23.4. The molecule has 2 saturated heterocycles. The first-order valence-electron chi connectivity index (χ1n) is 10.4. The predicted octanol–water partition coefficient (Wildman–Crippen LogP) is 2.55. The fourth-order valence-electron chi connectivity index (χ4n) is 4.06. The first-order chi connectivity index (χ1) is 15.8. The van der Waals surface area contributed by atoms with E-state index in [1.54, 1.807) is 39.5 Å². The number of aliphatic imine (C=N–C) groups is 1. The standard InChI is InChI=1S/C23H26N2O6S2/c1-29-17-7-4-15(5-8-17)12-25-18-13-33(27,28)14-21(18)32-23(25)24-22(26)11-16-6-9-19(30-2)20(10-16)31-3/h4-10,18,21H,11-14H2,1-3H3. The van der Waals surface area contributed by atoms with E-state index < -0.39 is 9.84 Å². The molecule has 0 aliphatic carbocycles. The second-order valence-electron chi connectivity index (χ2n) is 7.93. The summed E-state index contributed by atoms with van der Waals surface area (Å²) in [4.78, 5) is 19.2. The summed E-state index contributed by atoms with van der Waals surface area (Å²) in [7, 11) is 1.60. The number of hydrogen-bond acceptors (Lipinski definition) is 7. The Morgan fingerprint density at radius 2 is 1.70 bits per heavy atom. The Morgan fingerprint density at radius 3 is 2.36 bits per heavy atom. The second kappa shape index (κ2) is 9.64. The van der Waals surface area contributed by atoms with Gasteiger partial charge in [0.25, 0.3) is 5.91 Å². The van der Waals surface area contributed by atoms with Crippen LogP contribution < -0.4 is 14.2 Å². The molecule has 2 aliphatic heterocycles. The molecule has 2 unspecified atom stereocenters. The molecular weight excluding hydrogens is 464 g/mol. The van der Waals surface area contributed by atoms with Crippen molar-refractivity contribution in [3.8, 4) is 17.2 Å². The fourth-order valence-corrected chi connectivity index (χ4v) is 8.03. The number of amidine groups is 1. The quantitative estimate of drug-likeness (QED) is 0.585. The van der Waals surface area contributed by atoms with Gasteiger partial charge in [-0.05, 0) is 35.4 Å². The summed E-state index contributed by atoms with van der Waals surface area (Å²) >= 11 is 1.38. The number of carbonyl (C=O) groups is 1. The minimum atomic E-state index is -3.10. The number of thioether (sulfide) groups is 1. The summed E-state index contributed by atoms with van der Waals surface area (Å²) in [5, 5.41) is 0.446. The molecule has 2 aromatic rings. The molecule has 0 N–H and O–H groups in total. The van der Waals surface area contributed by atoms with Gasteiger partial charge < -0.3 is 19.1 Å². The van der Waals surface area contributed by atoms with Crippen molar-refractivity contribution in [3.63, 3.8) is 0 Å². The van der Waals surface area contributed by atoms with Gasteiger partial charge >= 0.3 is 0 Å². The van der Waals surface area contributed by atoms with Crippen molar-refractivity contribution in [1.29, 1.82) is 0 Å². The maximum atomic E-state index is 12.8. The summed E-state index contributed by atoms with van der Waals surface area (Å²) in [5.74, 6) is 1.76. The van der Waals surface area contributed by atoms with E-state index in [1.165, 1.54) is 11.8 Å². The number of fused-ring (bicyclic) bond motifs is 1. The molecule has 176 valence electrons. The van der Waals surface area contributed by atoms with Crippen LogP contribution in [0.25, 0.3) is 0 Å². The third-order valence-corrected chi connectivity index (χ3v) is 8.96. The first-order valence-corrected chi connectivity index (χ1v) is 13.1. The Balaban J connectivity index is 1.55. The Hall–Kier alpha value is -2.72. The normalized spacial score (nSPS) is 22.3. The minimum absolute atomic E-state index is 0.0731. The molecule has 10 heteroatoms. The molecule has 0 saturated carbocycles. The molecule has 33 heavy (non-hydrogen) atoms. The van der Waals surface area contributed by atoms with Gasteiger partial charge in [0.15, 0.2) is 26.5 Å². The van der Waals surface area contributed by atoms with Crippen molar-refractivity contribution in [2.75, 3.05) is 32.8 Å². The SMILES string of the molecule is COc1ccc(CN2C(=NC(=O)Cc3ccc(OC)c(OC)c3)SC3CS(=O)(=O)CC32)cc1.